The molecule has 0 spiro atoms. The van der Waals surface area contributed by atoms with E-state index in [4.69, 9.17) is 0 Å². The molecule has 3 rings (SSSR count). The highest BCUT2D eigenvalue weighted by molar-refractivity contribution is 6.03. The molecule has 2 heterocycles. The first kappa shape index (κ1) is 16.1. The number of carbonyl (C=O) groups is 2. The van der Waals surface area contributed by atoms with Crippen molar-refractivity contribution in [2.75, 3.05) is 26.2 Å². The van der Waals surface area contributed by atoms with Crippen molar-refractivity contribution in [1.29, 1.82) is 0 Å². The minimum atomic E-state index is -1.13. The van der Waals surface area contributed by atoms with Crippen molar-refractivity contribution in [3.63, 3.8) is 0 Å². The number of benzene rings is 1. The highest BCUT2D eigenvalue weighted by Gasteiger charge is 2.26. The smallest absolute Gasteiger partial charge is 0.338 e. The normalized spacial score (nSPS) is 15.2. The zero-order chi connectivity index (χ0) is 16.9. The predicted octanol–water partition coefficient (Wildman–Crippen LogP) is 1.74. The maximum Gasteiger partial charge on any atom is 0.338 e. The summed E-state index contributed by atoms with van der Waals surface area (Å²) >= 11 is 0. The number of nitrogens with zero attached hydrogens (tertiary/aromatic N) is 3. The Kier molecular flexibility index (Phi) is 4.86. The summed E-state index contributed by atoms with van der Waals surface area (Å²) in [7, 11) is 0. The molecule has 0 saturated carbocycles. The molecule has 1 fully saturated rings. The second-order valence-electron chi connectivity index (χ2n) is 5.76. The second kappa shape index (κ2) is 7.23. The Balaban J connectivity index is 1.62. The number of aromatic carboxylic acids is 1. The van der Waals surface area contributed by atoms with Crippen molar-refractivity contribution in [3.05, 3.63) is 65.5 Å². The summed E-state index contributed by atoms with van der Waals surface area (Å²) in [5.74, 6) is -1.44. The van der Waals surface area contributed by atoms with Crippen LogP contribution in [0.5, 0.6) is 0 Å². The van der Waals surface area contributed by atoms with E-state index in [0.29, 0.717) is 13.1 Å². The van der Waals surface area contributed by atoms with Gasteiger partial charge in [0, 0.05) is 38.9 Å². The van der Waals surface area contributed by atoms with E-state index in [-0.39, 0.29) is 17.2 Å². The molecule has 0 radical (unpaired) electrons. The lowest BCUT2D eigenvalue weighted by Gasteiger charge is -2.34. The topological polar surface area (TPSA) is 73.7 Å². The third-order valence-electron chi connectivity index (χ3n) is 4.15. The minimum absolute atomic E-state index is 0.0153. The quantitative estimate of drug-likeness (QED) is 0.927. The molecule has 1 aliphatic rings. The Morgan fingerprint density at radius 2 is 1.71 bits per heavy atom. The average molecular weight is 325 g/mol. The van der Waals surface area contributed by atoms with Gasteiger partial charge in [0.15, 0.2) is 0 Å². The first-order valence-corrected chi connectivity index (χ1v) is 7.89. The largest absolute Gasteiger partial charge is 0.478 e. The molecule has 1 aromatic carbocycles. The average Bonchev–Trinajstić information content (AvgIpc) is 2.62. The number of rotatable bonds is 4. The number of aromatic nitrogens is 1. The fourth-order valence-electron chi connectivity index (χ4n) is 2.85. The first-order valence-electron chi connectivity index (χ1n) is 7.89. The Morgan fingerprint density at radius 1 is 1.00 bits per heavy atom. The number of piperazine rings is 1. The van der Waals surface area contributed by atoms with E-state index in [0.717, 1.165) is 19.6 Å². The summed E-state index contributed by atoms with van der Waals surface area (Å²) in [6.45, 7) is 3.52. The van der Waals surface area contributed by atoms with Crippen LogP contribution in [0, 0.1) is 0 Å². The molecule has 0 atom stereocenters. The van der Waals surface area contributed by atoms with E-state index in [1.54, 1.807) is 4.90 Å². The molecule has 0 aliphatic carbocycles. The van der Waals surface area contributed by atoms with Gasteiger partial charge in [-0.3, -0.25) is 14.7 Å². The van der Waals surface area contributed by atoms with Gasteiger partial charge in [0.05, 0.1) is 5.56 Å². The zero-order valence-electron chi connectivity index (χ0n) is 13.3. The third-order valence-corrected chi connectivity index (χ3v) is 4.15. The van der Waals surface area contributed by atoms with E-state index in [1.807, 2.05) is 18.2 Å². The van der Waals surface area contributed by atoms with E-state index in [9.17, 15) is 14.7 Å². The van der Waals surface area contributed by atoms with E-state index in [2.05, 4.69) is 22.0 Å². The van der Waals surface area contributed by atoms with Gasteiger partial charge in [-0.1, -0.05) is 30.3 Å². The van der Waals surface area contributed by atoms with Gasteiger partial charge < -0.3 is 10.0 Å². The maximum absolute atomic E-state index is 12.6. The maximum atomic E-state index is 12.6. The van der Waals surface area contributed by atoms with Crippen LogP contribution in [-0.2, 0) is 6.54 Å². The van der Waals surface area contributed by atoms with Crippen molar-refractivity contribution in [2.24, 2.45) is 0 Å². The number of carbonyl (C=O) groups excluding carboxylic acids is 1. The monoisotopic (exact) mass is 325 g/mol. The summed E-state index contributed by atoms with van der Waals surface area (Å²) in [6.07, 6.45) is 1.45. The highest BCUT2D eigenvalue weighted by atomic mass is 16.4. The highest BCUT2D eigenvalue weighted by Crippen LogP contribution is 2.13. The van der Waals surface area contributed by atoms with Crippen molar-refractivity contribution in [2.45, 2.75) is 6.54 Å². The van der Waals surface area contributed by atoms with Crippen LogP contribution in [0.1, 0.15) is 26.4 Å². The molecule has 24 heavy (non-hydrogen) atoms. The van der Waals surface area contributed by atoms with Crippen LogP contribution in [0.3, 0.4) is 0 Å². The molecule has 6 nitrogen and oxygen atoms in total. The van der Waals surface area contributed by atoms with Crippen LogP contribution < -0.4 is 0 Å². The van der Waals surface area contributed by atoms with Gasteiger partial charge >= 0.3 is 5.97 Å². The van der Waals surface area contributed by atoms with Gasteiger partial charge in [-0.2, -0.15) is 0 Å². The Morgan fingerprint density at radius 3 is 2.38 bits per heavy atom. The molecule has 1 amide bonds. The Bertz CT molecular complexity index is 725. The van der Waals surface area contributed by atoms with Crippen LogP contribution in [0.15, 0.2) is 48.7 Å². The molecule has 1 aliphatic heterocycles. The van der Waals surface area contributed by atoms with E-state index in [1.165, 1.54) is 23.9 Å². The lowest BCUT2D eigenvalue weighted by Crippen LogP contribution is -2.48. The summed E-state index contributed by atoms with van der Waals surface area (Å²) in [4.78, 5) is 31.8. The molecular weight excluding hydrogens is 306 g/mol. The molecule has 1 saturated heterocycles. The van der Waals surface area contributed by atoms with Gasteiger partial charge in [0.25, 0.3) is 5.91 Å². The summed E-state index contributed by atoms with van der Waals surface area (Å²) in [5, 5.41) is 9.20. The van der Waals surface area contributed by atoms with Crippen molar-refractivity contribution in [3.8, 4) is 0 Å². The standard InChI is InChI=1S/C18H19N3O3/c22-17(16-15(18(23)24)7-4-8-19-16)21-11-9-20(10-12-21)13-14-5-2-1-3-6-14/h1-8H,9-13H2,(H,23,24). The fourth-order valence-corrected chi connectivity index (χ4v) is 2.85. The molecule has 1 aromatic heterocycles. The zero-order valence-corrected chi connectivity index (χ0v) is 13.3. The summed E-state index contributed by atoms with van der Waals surface area (Å²) < 4.78 is 0. The van der Waals surface area contributed by atoms with Crippen LogP contribution in [0.25, 0.3) is 0 Å². The number of hydrogen-bond donors (Lipinski definition) is 1. The molecule has 2 aromatic rings. The molecular formula is C18H19N3O3. The van der Waals surface area contributed by atoms with Crippen LogP contribution in [0.2, 0.25) is 0 Å². The van der Waals surface area contributed by atoms with Crippen LogP contribution in [0.4, 0.5) is 0 Å². The molecule has 1 N–H and O–H groups in total. The fraction of sp³-hybridized carbons (Fsp3) is 0.278. The summed E-state index contributed by atoms with van der Waals surface area (Å²) in [6, 6.07) is 13.1. The molecule has 124 valence electrons. The molecule has 6 heteroatoms. The summed E-state index contributed by atoms with van der Waals surface area (Å²) in [5.41, 5.74) is 1.21. The number of amides is 1. The lowest BCUT2D eigenvalue weighted by atomic mass is 10.1. The van der Waals surface area contributed by atoms with Crippen molar-refractivity contribution in [1.82, 2.24) is 14.8 Å². The van der Waals surface area contributed by atoms with Gasteiger partial charge in [0.2, 0.25) is 0 Å². The van der Waals surface area contributed by atoms with Crippen molar-refractivity contribution >= 4 is 11.9 Å². The van der Waals surface area contributed by atoms with Gasteiger partial charge in [-0.15, -0.1) is 0 Å². The van der Waals surface area contributed by atoms with Gasteiger partial charge in [0.1, 0.15) is 5.69 Å². The predicted molar refractivity (Wildman–Crippen MR) is 88.8 cm³/mol. The third kappa shape index (κ3) is 3.60. The Hall–Kier alpha value is -2.73. The number of carboxylic acid groups (broad SMARTS) is 1. The molecule has 0 unspecified atom stereocenters. The number of carboxylic acids is 1. The van der Waals surface area contributed by atoms with Gasteiger partial charge in [-0.25, -0.2) is 4.79 Å². The number of pyridine rings is 1. The second-order valence-corrected chi connectivity index (χ2v) is 5.76. The van der Waals surface area contributed by atoms with Crippen LogP contribution >= 0.6 is 0 Å². The van der Waals surface area contributed by atoms with Crippen LogP contribution in [-0.4, -0.2) is 57.9 Å². The first-order chi connectivity index (χ1) is 11.6. The minimum Gasteiger partial charge on any atom is -0.478 e. The lowest BCUT2D eigenvalue weighted by molar-refractivity contribution is 0.0603. The van der Waals surface area contributed by atoms with Gasteiger partial charge in [-0.05, 0) is 17.7 Å². The van der Waals surface area contributed by atoms with E-state index < -0.39 is 5.97 Å². The Labute approximate surface area is 140 Å². The van der Waals surface area contributed by atoms with E-state index >= 15 is 0 Å². The number of hydrogen-bond acceptors (Lipinski definition) is 4. The SMILES string of the molecule is O=C(O)c1cccnc1C(=O)N1CCN(Cc2ccccc2)CC1. The molecule has 0 bridgehead atoms. The van der Waals surface area contributed by atoms with Crippen molar-refractivity contribution < 1.29 is 14.7 Å².